The highest BCUT2D eigenvalue weighted by atomic mass is 16.2. The Morgan fingerprint density at radius 1 is 1.22 bits per heavy atom. The number of nitrogens with one attached hydrogen (secondary N) is 1. The van der Waals surface area contributed by atoms with E-state index in [-0.39, 0.29) is 5.91 Å². The fraction of sp³-hybridized carbons (Fsp3) is 0.850. The van der Waals surface area contributed by atoms with Crippen LogP contribution in [0.4, 0.5) is 0 Å². The molecule has 0 unspecified atom stereocenters. The number of hydrogen-bond acceptors (Lipinski definition) is 5. The fourth-order valence-electron chi connectivity index (χ4n) is 4.30. The Bertz CT molecular complexity index is 593. The van der Waals surface area contributed by atoms with Crippen molar-refractivity contribution >= 4 is 5.91 Å². The topological polar surface area (TPSA) is 66.3 Å². The van der Waals surface area contributed by atoms with Crippen LogP contribution in [-0.4, -0.2) is 76.0 Å². The molecule has 7 nitrogen and oxygen atoms in total. The van der Waals surface area contributed by atoms with E-state index in [1.807, 2.05) is 10.9 Å². The van der Waals surface area contributed by atoms with Gasteiger partial charge >= 0.3 is 0 Å². The molecule has 0 bridgehead atoms. The minimum Gasteiger partial charge on any atom is -0.350 e. The second-order valence-corrected chi connectivity index (χ2v) is 8.55. The third kappa shape index (κ3) is 5.51. The highest BCUT2D eigenvalue weighted by molar-refractivity contribution is 5.91. The number of amides is 1. The van der Waals surface area contributed by atoms with Gasteiger partial charge in [-0.05, 0) is 64.2 Å². The average molecular weight is 377 g/mol. The van der Waals surface area contributed by atoms with Crippen LogP contribution in [0, 0.1) is 5.92 Å². The number of carbonyl (C=O) groups is 1. The largest absolute Gasteiger partial charge is 0.350 e. The predicted molar refractivity (Wildman–Crippen MR) is 107 cm³/mol. The standard InChI is InChI=1S/C20H36N6O/c1-4-9-24-11-7-17(8-12-24)25-10-5-6-18(14-25)26-15-19(22-23-26)20(27)21-13-16(2)3/h15-18H,4-14H2,1-3H3,(H,21,27)/t18-/m0/s1. The van der Waals surface area contributed by atoms with Crippen molar-refractivity contribution in [3.8, 4) is 0 Å². The van der Waals surface area contributed by atoms with E-state index < -0.39 is 0 Å². The van der Waals surface area contributed by atoms with Crippen LogP contribution in [0.3, 0.4) is 0 Å². The summed E-state index contributed by atoms with van der Waals surface area (Å²) in [5, 5.41) is 11.3. The van der Waals surface area contributed by atoms with E-state index in [9.17, 15) is 4.79 Å². The molecule has 0 aromatic carbocycles. The summed E-state index contributed by atoms with van der Waals surface area (Å²) in [5.74, 6) is 0.311. The summed E-state index contributed by atoms with van der Waals surface area (Å²) in [4.78, 5) is 17.4. The van der Waals surface area contributed by atoms with Gasteiger partial charge in [-0.2, -0.15) is 0 Å². The smallest absolute Gasteiger partial charge is 0.273 e. The first-order valence-corrected chi connectivity index (χ1v) is 10.7. The monoisotopic (exact) mass is 376 g/mol. The number of rotatable bonds is 7. The van der Waals surface area contributed by atoms with Gasteiger partial charge in [0.2, 0.25) is 0 Å². The van der Waals surface area contributed by atoms with Crippen molar-refractivity contribution in [2.75, 3.05) is 39.3 Å². The molecule has 0 aliphatic carbocycles. The van der Waals surface area contributed by atoms with Gasteiger partial charge in [-0.1, -0.05) is 26.0 Å². The van der Waals surface area contributed by atoms with Crippen LogP contribution in [0.2, 0.25) is 0 Å². The molecular formula is C20H36N6O. The number of carbonyl (C=O) groups excluding carboxylic acids is 1. The Morgan fingerprint density at radius 2 is 2.00 bits per heavy atom. The zero-order chi connectivity index (χ0) is 19.2. The molecule has 0 radical (unpaired) electrons. The van der Waals surface area contributed by atoms with Gasteiger partial charge in [-0.3, -0.25) is 9.69 Å². The molecule has 1 aromatic heterocycles. The van der Waals surface area contributed by atoms with E-state index in [2.05, 4.69) is 46.2 Å². The highest BCUT2D eigenvalue weighted by Gasteiger charge is 2.30. The Morgan fingerprint density at radius 3 is 2.70 bits per heavy atom. The zero-order valence-corrected chi connectivity index (χ0v) is 17.2. The van der Waals surface area contributed by atoms with E-state index in [1.165, 1.54) is 51.9 Å². The summed E-state index contributed by atoms with van der Waals surface area (Å²) in [6.07, 6.45) is 7.92. The van der Waals surface area contributed by atoms with Gasteiger partial charge in [-0.25, -0.2) is 4.68 Å². The molecule has 2 saturated heterocycles. The minimum absolute atomic E-state index is 0.120. The van der Waals surface area contributed by atoms with Crippen LogP contribution < -0.4 is 5.32 Å². The van der Waals surface area contributed by atoms with Gasteiger partial charge in [0.15, 0.2) is 5.69 Å². The van der Waals surface area contributed by atoms with Gasteiger partial charge in [0, 0.05) is 19.1 Å². The van der Waals surface area contributed by atoms with Gasteiger partial charge < -0.3 is 10.2 Å². The summed E-state index contributed by atoms with van der Waals surface area (Å²) < 4.78 is 1.92. The van der Waals surface area contributed by atoms with Gasteiger partial charge in [0.25, 0.3) is 5.91 Å². The average Bonchev–Trinajstić information content (AvgIpc) is 3.17. The van der Waals surface area contributed by atoms with Crippen molar-refractivity contribution in [1.82, 2.24) is 30.1 Å². The SMILES string of the molecule is CCCN1CCC(N2CCC[C@H](n3cc(C(=O)NCC(C)C)nn3)C2)CC1. The summed E-state index contributed by atoms with van der Waals surface area (Å²) in [5.41, 5.74) is 0.431. The third-order valence-electron chi connectivity index (χ3n) is 5.83. The maximum Gasteiger partial charge on any atom is 0.273 e. The van der Waals surface area contributed by atoms with Gasteiger partial charge in [0.05, 0.1) is 12.2 Å². The first-order chi connectivity index (χ1) is 13.1. The molecule has 1 amide bonds. The molecule has 3 heterocycles. The van der Waals surface area contributed by atoms with Crippen LogP contribution >= 0.6 is 0 Å². The predicted octanol–water partition coefficient (Wildman–Crippen LogP) is 2.18. The highest BCUT2D eigenvalue weighted by Crippen LogP contribution is 2.26. The summed E-state index contributed by atoms with van der Waals surface area (Å²) in [6.45, 7) is 13.0. The first-order valence-electron chi connectivity index (χ1n) is 10.7. The summed E-state index contributed by atoms with van der Waals surface area (Å²) in [6, 6.07) is 1.02. The lowest BCUT2D eigenvalue weighted by molar-refractivity contribution is 0.0708. The van der Waals surface area contributed by atoms with E-state index in [1.54, 1.807) is 0 Å². The van der Waals surface area contributed by atoms with Crippen LogP contribution in [0.15, 0.2) is 6.20 Å². The molecule has 7 heteroatoms. The Labute approximate surface area is 163 Å². The molecule has 2 aliphatic heterocycles. The van der Waals surface area contributed by atoms with Crippen molar-refractivity contribution in [2.45, 2.75) is 65.0 Å². The van der Waals surface area contributed by atoms with Gasteiger partial charge in [-0.15, -0.1) is 5.10 Å². The van der Waals surface area contributed by atoms with E-state index >= 15 is 0 Å². The first kappa shape index (κ1) is 20.3. The maximum absolute atomic E-state index is 12.2. The van der Waals surface area contributed by atoms with E-state index in [4.69, 9.17) is 0 Å². The second-order valence-electron chi connectivity index (χ2n) is 8.55. The number of nitrogens with zero attached hydrogens (tertiary/aromatic N) is 5. The third-order valence-corrected chi connectivity index (χ3v) is 5.83. The van der Waals surface area contributed by atoms with Crippen LogP contribution in [0.1, 0.15) is 69.4 Å². The molecule has 1 atom stereocenters. The fourth-order valence-corrected chi connectivity index (χ4v) is 4.30. The van der Waals surface area contributed by atoms with Crippen molar-refractivity contribution < 1.29 is 4.79 Å². The molecule has 2 aliphatic rings. The number of piperidine rings is 2. The number of likely N-dealkylation sites (tertiary alicyclic amines) is 2. The number of hydrogen-bond donors (Lipinski definition) is 1. The molecule has 1 N–H and O–H groups in total. The van der Waals surface area contributed by atoms with E-state index in [0.717, 1.165) is 13.0 Å². The second kappa shape index (κ2) is 9.64. The van der Waals surface area contributed by atoms with Crippen LogP contribution in [0.25, 0.3) is 0 Å². The molecule has 3 rings (SSSR count). The Balaban J connectivity index is 1.53. The quantitative estimate of drug-likeness (QED) is 0.790. The summed E-state index contributed by atoms with van der Waals surface area (Å²) in [7, 11) is 0. The maximum atomic E-state index is 12.2. The molecule has 1 aromatic rings. The normalized spacial score (nSPS) is 23.0. The Hall–Kier alpha value is -1.47. The molecule has 2 fully saturated rings. The van der Waals surface area contributed by atoms with Crippen molar-refractivity contribution in [3.05, 3.63) is 11.9 Å². The lowest BCUT2D eigenvalue weighted by Gasteiger charge is -2.42. The van der Waals surface area contributed by atoms with Crippen LogP contribution in [-0.2, 0) is 0 Å². The van der Waals surface area contributed by atoms with Crippen LogP contribution in [0.5, 0.6) is 0 Å². The van der Waals surface area contributed by atoms with Crippen molar-refractivity contribution in [1.29, 1.82) is 0 Å². The minimum atomic E-state index is -0.120. The van der Waals surface area contributed by atoms with Gasteiger partial charge in [0.1, 0.15) is 0 Å². The molecule has 0 spiro atoms. The Kier molecular flexibility index (Phi) is 7.24. The van der Waals surface area contributed by atoms with Crippen molar-refractivity contribution in [2.24, 2.45) is 5.92 Å². The number of aromatic nitrogens is 3. The molecule has 0 saturated carbocycles. The molecule has 27 heavy (non-hydrogen) atoms. The lowest BCUT2D eigenvalue weighted by Crippen LogP contribution is -2.48. The zero-order valence-electron chi connectivity index (χ0n) is 17.2. The lowest BCUT2D eigenvalue weighted by atomic mass is 9.98. The van der Waals surface area contributed by atoms with E-state index in [0.29, 0.717) is 30.2 Å². The van der Waals surface area contributed by atoms with Crippen molar-refractivity contribution in [3.63, 3.8) is 0 Å². The molecular weight excluding hydrogens is 340 g/mol. The molecule has 152 valence electrons. The summed E-state index contributed by atoms with van der Waals surface area (Å²) >= 11 is 0.